The molecule has 1 aromatic carbocycles. The van der Waals surface area contributed by atoms with Gasteiger partial charge in [-0.05, 0) is 17.7 Å². The fraction of sp³-hybridized carbons (Fsp3) is 0.333. The number of rotatable bonds is 5. The Morgan fingerprint density at radius 3 is 2.94 bits per heavy atom. The van der Waals surface area contributed by atoms with Crippen molar-refractivity contribution < 1.29 is 4.42 Å². The molecule has 4 nitrogen and oxygen atoms in total. The number of alkyl halides is 1. The van der Waals surface area contributed by atoms with Crippen LogP contribution in [0.4, 0.5) is 6.01 Å². The van der Waals surface area contributed by atoms with Crippen LogP contribution in [0.3, 0.4) is 0 Å². The lowest BCUT2D eigenvalue weighted by Gasteiger charge is -2.13. The van der Waals surface area contributed by atoms with Gasteiger partial charge >= 0.3 is 6.01 Å². The molecule has 2 rings (SSSR count). The minimum atomic E-state index is 0.483. The highest BCUT2D eigenvalue weighted by Gasteiger charge is 2.10. The summed E-state index contributed by atoms with van der Waals surface area (Å²) in [6.07, 6.45) is 0.597. The number of benzene rings is 1. The van der Waals surface area contributed by atoms with Crippen molar-refractivity contribution in [1.82, 2.24) is 10.2 Å². The Bertz CT molecular complexity index is 518. The lowest BCUT2D eigenvalue weighted by Crippen LogP contribution is -2.16. The van der Waals surface area contributed by atoms with Gasteiger partial charge in [-0.3, -0.25) is 0 Å². The highest BCUT2D eigenvalue weighted by atomic mass is 79.9. The summed E-state index contributed by atoms with van der Waals surface area (Å²) in [7, 11) is 1.92. The first-order chi connectivity index (χ1) is 8.69. The van der Waals surface area contributed by atoms with Gasteiger partial charge in [0, 0.05) is 30.4 Å². The van der Waals surface area contributed by atoms with Gasteiger partial charge in [0.2, 0.25) is 5.89 Å². The second-order valence-corrected chi connectivity index (χ2v) is 5.20. The molecule has 0 unspecified atom stereocenters. The molecule has 6 heteroatoms. The van der Waals surface area contributed by atoms with Crippen LogP contribution in [-0.4, -0.2) is 23.1 Å². The highest BCUT2D eigenvalue weighted by Crippen LogP contribution is 2.17. The van der Waals surface area contributed by atoms with E-state index in [1.165, 1.54) is 5.56 Å². The third kappa shape index (κ3) is 3.46. The molecule has 0 atom stereocenters. The fourth-order valence-electron chi connectivity index (χ4n) is 1.56. The Morgan fingerprint density at radius 1 is 1.39 bits per heavy atom. The van der Waals surface area contributed by atoms with Gasteiger partial charge in [0.05, 0.1) is 0 Å². The molecule has 2 aromatic rings. The summed E-state index contributed by atoms with van der Waals surface area (Å²) < 4.78 is 6.55. The van der Waals surface area contributed by atoms with Gasteiger partial charge in [-0.1, -0.05) is 33.2 Å². The van der Waals surface area contributed by atoms with Crippen LogP contribution < -0.4 is 4.90 Å². The van der Waals surface area contributed by atoms with Crippen LogP contribution in [0.2, 0.25) is 0 Å². The van der Waals surface area contributed by atoms with E-state index < -0.39 is 0 Å². The predicted octanol–water partition coefficient (Wildman–Crippen LogP) is 3.25. The van der Waals surface area contributed by atoms with Crippen molar-refractivity contribution in [1.29, 1.82) is 0 Å². The topological polar surface area (TPSA) is 42.2 Å². The standard InChI is InChI=1S/C12H13BrClN3O/c1-17(8-9-3-2-4-10(13)7-9)12-16-15-11(18-12)5-6-14/h2-4,7H,5-6,8H2,1H3. The third-order valence-electron chi connectivity index (χ3n) is 2.40. The number of halogens is 2. The van der Waals surface area contributed by atoms with Crippen LogP contribution in [0.1, 0.15) is 11.5 Å². The number of hydrogen-bond acceptors (Lipinski definition) is 4. The second kappa shape index (κ2) is 6.20. The molecule has 0 fully saturated rings. The average Bonchev–Trinajstić information content (AvgIpc) is 2.78. The molecule has 0 spiro atoms. The number of nitrogens with zero attached hydrogens (tertiary/aromatic N) is 3. The SMILES string of the molecule is CN(Cc1cccc(Br)c1)c1nnc(CCCl)o1. The lowest BCUT2D eigenvalue weighted by atomic mass is 10.2. The quantitative estimate of drug-likeness (QED) is 0.789. The van der Waals surface area contributed by atoms with E-state index in [1.54, 1.807) is 0 Å². The van der Waals surface area contributed by atoms with Crippen LogP contribution in [0.15, 0.2) is 33.2 Å². The van der Waals surface area contributed by atoms with Crippen LogP contribution in [0.25, 0.3) is 0 Å². The molecule has 0 N–H and O–H groups in total. The summed E-state index contributed by atoms with van der Waals surface area (Å²) in [5.41, 5.74) is 1.17. The van der Waals surface area contributed by atoms with Gasteiger partial charge < -0.3 is 9.32 Å². The van der Waals surface area contributed by atoms with E-state index in [0.29, 0.717) is 30.8 Å². The first-order valence-electron chi connectivity index (χ1n) is 5.53. The van der Waals surface area contributed by atoms with Gasteiger partial charge in [0.25, 0.3) is 0 Å². The second-order valence-electron chi connectivity index (χ2n) is 3.90. The molecule has 1 aromatic heterocycles. The Balaban J connectivity index is 2.04. The molecule has 0 aliphatic heterocycles. The predicted molar refractivity (Wildman–Crippen MR) is 75.0 cm³/mol. The monoisotopic (exact) mass is 329 g/mol. The summed E-state index contributed by atoms with van der Waals surface area (Å²) in [5.74, 6) is 1.05. The third-order valence-corrected chi connectivity index (χ3v) is 3.08. The van der Waals surface area contributed by atoms with Crippen molar-refractivity contribution in [2.24, 2.45) is 0 Å². The first kappa shape index (κ1) is 13.4. The zero-order chi connectivity index (χ0) is 13.0. The molecular weight excluding hydrogens is 318 g/mol. The van der Waals surface area contributed by atoms with Crippen molar-refractivity contribution in [2.75, 3.05) is 17.8 Å². The Morgan fingerprint density at radius 2 is 2.22 bits per heavy atom. The Hall–Kier alpha value is -1.07. The maximum absolute atomic E-state index is 5.63. The average molecular weight is 331 g/mol. The molecule has 0 amide bonds. The Labute approximate surface area is 119 Å². The fourth-order valence-corrected chi connectivity index (χ4v) is 2.17. The van der Waals surface area contributed by atoms with E-state index in [-0.39, 0.29) is 0 Å². The molecule has 96 valence electrons. The molecule has 0 bridgehead atoms. The normalized spacial score (nSPS) is 10.6. The van der Waals surface area contributed by atoms with E-state index in [0.717, 1.165) is 4.47 Å². The van der Waals surface area contributed by atoms with Crippen molar-refractivity contribution in [3.05, 3.63) is 40.2 Å². The Kier molecular flexibility index (Phi) is 4.60. The molecule has 0 saturated carbocycles. The first-order valence-corrected chi connectivity index (χ1v) is 6.85. The van der Waals surface area contributed by atoms with Gasteiger partial charge in [-0.15, -0.1) is 16.7 Å². The number of anilines is 1. The molecular formula is C12H13BrClN3O. The van der Waals surface area contributed by atoms with Crippen molar-refractivity contribution in [3.63, 3.8) is 0 Å². The largest absolute Gasteiger partial charge is 0.408 e. The van der Waals surface area contributed by atoms with Crippen LogP contribution in [-0.2, 0) is 13.0 Å². The number of aromatic nitrogens is 2. The summed E-state index contributed by atoms with van der Waals surface area (Å²) >= 11 is 9.07. The zero-order valence-corrected chi connectivity index (χ0v) is 12.3. The molecule has 18 heavy (non-hydrogen) atoms. The smallest absolute Gasteiger partial charge is 0.318 e. The van der Waals surface area contributed by atoms with E-state index >= 15 is 0 Å². The van der Waals surface area contributed by atoms with Crippen molar-refractivity contribution >= 4 is 33.5 Å². The van der Waals surface area contributed by atoms with E-state index in [2.05, 4.69) is 38.3 Å². The molecule has 0 aliphatic carbocycles. The van der Waals surface area contributed by atoms with Crippen molar-refractivity contribution in [3.8, 4) is 0 Å². The van der Waals surface area contributed by atoms with Gasteiger partial charge in [0.15, 0.2) is 0 Å². The van der Waals surface area contributed by atoms with E-state index in [9.17, 15) is 0 Å². The number of hydrogen-bond donors (Lipinski definition) is 0. The van der Waals surface area contributed by atoms with Crippen molar-refractivity contribution in [2.45, 2.75) is 13.0 Å². The number of aryl methyl sites for hydroxylation is 1. The lowest BCUT2D eigenvalue weighted by molar-refractivity contribution is 0.495. The zero-order valence-electron chi connectivity index (χ0n) is 9.94. The minimum Gasteiger partial charge on any atom is -0.408 e. The van der Waals surface area contributed by atoms with E-state index in [1.807, 2.05) is 24.1 Å². The highest BCUT2D eigenvalue weighted by molar-refractivity contribution is 9.10. The maximum atomic E-state index is 5.63. The summed E-state index contributed by atoms with van der Waals surface area (Å²) in [4.78, 5) is 1.91. The van der Waals surface area contributed by atoms with E-state index in [4.69, 9.17) is 16.0 Å². The molecule has 0 aliphatic rings. The minimum absolute atomic E-state index is 0.483. The van der Waals surface area contributed by atoms with Crippen LogP contribution >= 0.6 is 27.5 Å². The van der Waals surface area contributed by atoms with Crippen LogP contribution in [0.5, 0.6) is 0 Å². The molecule has 0 radical (unpaired) electrons. The van der Waals surface area contributed by atoms with Gasteiger partial charge in [-0.25, -0.2) is 0 Å². The summed E-state index contributed by atoms with van der Waals surface area (Å²) in [6, 6.07) is 8.62. The molecule has 0 saturated heterocycles. The van der Waals surface area contributed by atoms with Gasteiger partial charge in [0.1, 0.15) is 0 Å². The van der Waals surface area contributed by atoms with Gasteiger partial charge in [-0.2, -0.15) is 0 Å². The van der Waals surface area contributed by atoms with Crippen LogP contribution in [0, 0.1) is 0 Å². The summed E-state index contributed by atoms with van der Waals surface area (Å²) in [6.45, 7) is 0.710. The maximum Gasteiger partial charge on any atom is 0.318 e. The summed E-state index contributed by atoms with van der Waals surface area (Å²) in [5, 5.41) is 7.93. The molecule has 1 heterocycles.